The molecular formula is C68H44O9. The molecule has 0 radical (unpaired) electrons. The molecule has 8 bridgehead atoms. The van der Waals surface area contributed by atoms with E-state index in [0.29, 0.717) is 66.8 Å². The Morgan fingerprint density at radius 3 is 0.571 bits per heavy atom. The molecule has 6 aromatic carbocycles. The second-order valence-corrected chi connectivity index (χ2v) is 24.5. The lowest BCUT2D eigenvalue weighted by Crippen LogP contribution is -2.32. The van der Waals surface area contributed by atoms with E-state index < -0.39 is 36.6 Å². The lowest BCUT2D eigenvalue weighted by atomic mass is 9.58. The Bertz CT molecular complexity index is 3620. The highest BCUT2D eigenvalue weighted by Gasteiger charge is 2.59. The maximum Gasteiger partial charge on any atom is 0.193 e. The number of fused-ring (bicyclic) bond motifs is 27. The van der Waals surface area contributed by atoms with E-state index in [9.17, 15) is 28.8 Å². The van der Waals surface area contributed by atoms with Gasteiger partial charge in [-0.15, -0.1) is 0 Å². The molecule has 0 amide bonds. The molecule has 6 aliphatic heterocycles. The van der Waals surface area contributed by atoms with Crippen molar-refractivity contribution in [1.82, 2.24) is 0 Å². The van der Waals surface area contributed by atoms with Crippen LogP contribution in [0, 0.1) is 0 Å². The minimum atomic E-state index is -0.689. The van der Waals surface area contributed by atoms with Crippen LogP contribution in [0.4, 0.5) is 0 Å². The standard InChI is InChI=1S/C68H44O9/c69-57-37-13-25-7-1-2-8-26(25)14-38(37)58(70)52-51(57)63-43-19-31-32(20-44(43)64(52)75-63)50-35-23-47-45(65-53-55(67(47)76-65)61(73)41-17-29-11-5-3-9-27(29)15-39(41)59(53)71)21-33(35)49(31)34-22-46-48(24-36(34)50)68-56-54(66(46)77-68)60(72)40-16-28-10-4-6-12-30(28)18-42(40)62(56)74/h13-24,49-50,63-68H,1-12H2. The number of aryl methyl sites for hydroxylation is 6. The number of benzene rings is 6. The summed E-state index contributed by atoms with van der Waals surface area (Å²) >= 11 is 0. The Hall–Kier alpha value is -7.56. The first-order valence-corrected chi connectivity index (χ1v) is 28.1. The second-order valence-electron chi connectivity index (χ2n) is 24.5. The Kier molecular flexibility index (Phi) is 7.33. The third-order valence-corrected chi connectivity index (χ3v) is 21.1. The molecule has 15 aliphatic rings. The summed E-state index contributed by atoms with van der Waals surface area (Å²) in [5, 5.41) is 0. The van der Waals surface area contributed by atoms with Crippen LogP contribution in [0.1, 0.15) is 249 Å². The molecular weight excluding hydrogens is 961 g/mol. The van der Waals surface area contributed by atoms with Crippen LogP contribution in [0.15, 0.2) is 106 Å². The van der Waals surface area contributed by atoms with Crippen molar-refractivity contribution in [2.24, 2.45) is 0 Å². The summed E-state index contributed by atoms with van der Waals surface area (Å²) in [7, 11) is 0. The van der Waals surface area contributed by atoms with E-state index in [2.05, 4.69) is 36.4 Å². The van der Waals surface area contributed by atoms with Crippen LogP contribution >= 0.6 is 0 Å². The van der Waals surface area contributed by atoms with Gasteiger partial charge in [-0.05, 0) is 214 Å². The molecule has 6 heterocycles. The zero-order valence-electron chi connectivity index (χ0n) is 41.7. The molecule has 0 N–H and O–H groups in total. The van der Waals surface area contributed by atoms with Gasteiger partial charge in [-0.25, -0.2) is 0 Å². The normalized spacial score (nSPS) is 28.5. The van der Waals surface area contributed by atoms with Gasteiger partial charge in [0.15, 0.2) is 34.7 Å². The SMILES string of the molecule is O=C1C2=C(C(=O)c3cc4c(cc31)CCCC4)C1OC2c2cc3c(cc21)C1c2cc4c(cc2C3c2cc3c(cc21)C1OC3C2=C1C(=O)c1cc3c(cc1C2=O)CCCC3)C1OC4C2=C1C(=O)c1cc3c(cc1C2=O)CCCC3. The first kappa shape index (κ1) is 41.6. The summed E-state index contributed by atoms with van der Waals surface area (Å²) in [6.07, 6.45) is 7.66. The van der Waals surface area contributed by atoms with Crippen molar-refractivity contribution in [3.05, 3.63) is 240 Å². The van der Waals surface area contributed by atoms with Gasteiger partial charge in [-0.3, -0.25) is 28.8 Å². The molecule has 0 saturated heterocycles. The number of ether oxygens (including phenoxy) is 3. The van der Waals surface area contributed by atoms with E-state index in [4.69, 9.17) is 14.2 Å². The maximum atomic E-state index is 14.8. The molecule has 370 valence electrons. The topological polar surface area (TPSA) is 130 Å². The van der Waals surface area contributed by atoms with Gasteiger partial charge in [0.2, 0.25) is 0 Å². The third-order valence-electron chi connectivity index (χ3n) is 21.1. The lowest BCUT2D eigenvalue weighted by molar-refractivity contribution is 0.0710. The molecule has 0 spiro atoms. The average Bonchev–Trinajstić information content (AvgIpc) is 4.54. The first-order chi connectivity index (χ1) is 37.7. The summed E-state index contributed by atoms with van der Waals surface area (Å²) < 4.78 is 20.5. The van der Waals surface area contributed by atoms with E-state index in [1.807, 2.05) is 36.4 Å². The third kappa shape index (κ3) is 4.70. The molecule has 0 aromatic heterocycles. The van der Waals surface area contributed by atoms with Crippen LogP contribution in [0.3, 0.4) is 0 Å². The summed E-state index contributed by atoms with van der Waals surface area (Å²) in [5.74, 6) is -1.36. The van der Waals surface area contributed by atoms with Crippen molar-refractivity contribution in [2.45, 2.75) is 126 Å². The van der Waals surface area contributed by atoms with E-state index >= 15 is 0 Å². The zero-order chi connectivity index (χ0) is 50.5. The van der Waals surface area contributed by atoms with Gasteiger partial charge in [0.25, 0.3) is 0 Å². The Morgan fingerprint density at radius 2 is 0.403 bits per heavy atom. The van der Waals surface area contributed by atoms with Gasteiger partial charge >= 0.3 is 0 Å². The summed E-state index contributed by atoms with van der Waals surface area (Å²) in [5.41, 5.74) is 24.6. The van der Waals surface area contributed by atoms with Crippen molar-refractivity contribution in [3.8, 4) is 0 Å². The van der Waals surface area contributed by atoms with Crippen LogP contribution in [-0.4, -0.2) is 34.7 Å². The summed E-state index contributed by atoms with van der Waals surface area (Å²) in [6, 6.07) is 25.3. The molecule has 9 aliphatic carbocycles. The van der Waals surface area contributed by atoms with Crippen LogP contribution in [-0.2, 0) is 52.7 Å². The minimum absolute atomic E-state index is 0.119. The van der Waals surface area contributed by atoms with Gasteiger partial charge in [0.1, 0.15) is 36.6 Å². The highest BCUT2D eigenvalue weighted by atomic mass is 16.5. The van der Waals surface area contributed by atoms with Gasteiger partial charge in [0, 0.05) is 78.7 Å². The highest BCUT2D eigenvalue weighted by Crippen LogP contribution is 2.67. The van der Waals surface area contributed by atoms with Gasteiger partial charge in [-0.1, -0.05) is 36.4 Å². The average molecular weight is 1010 g/mol. The number of rotatable bonds is 0. The molecule has 0 fully saturated rings. The monoisotopic (exact) mass is 1000 g/mol. The van der Waals surface area contributed by atoms with Crippen LogP contribution in [0.2, 0.25) is 0 Å². The van der Waals surface area contributed by atoms with Crippen molar-refractivity contribution < 1.29 is 43.0 Å². The molecule has 77 heavy (non-hydrogen) atoms. The fourth-order valence-electron chi connectivity index (χ4n) is 17.7. The number of hydrogen-bond acceptors (Lipinski definition) is 9. The maximum absolute atomic E-state index is 14.8. The first-order valence-electron chi connectivity index (χ1n) is 28.1. The predicted octanol–water partition coefficient (Wildman–Crippen LogP) is 11.8. The highest BCUT2D eigenvalue weighted by molar-refractivity contribution is 6.31. The number of Topliss-reactive ketones (excluding diaryl/α,β-unsaturated/α-hetero) is 6. The number of hydrogen-bond donors (Lipinski definition) is 0. The van der Waals surface area contributed by atoms with E-state index in [1.54, 1.807) is 0 Å². The van der Waals surface area contributed by atoms with Gasteiger partial charge in [0.05, 0.1) is 0 Å². The minimum Gasteiger partial charge on any atom is -0.356 e. The molecule has 6 aromatic rings. The molecule has 0 saturated carbocycles. The van der Waals surface area contributed by atoms with Crippen LogP contribution in [0.25, 0.3) is 0 Å². The summed E-state index contributed by atoms with van der Waals surface area (Å²) in [6.45, 7) is 0. The number of carbonyl (C=O) groups excluding carboxylic acids is 6. The molecule has 21 rings (SSSR count). The van der Waals surface area contributed by atoms with E-state index in [1.165, 1.54) is 0 Å². The molecule has 9 nitrogen and oxygen atoms in total. The van der Waals surface area contributed by atoms with Gasteiger partial charge < -0.3 is 14.2 Å². The number of ketones is 6. The van der Waals surface area contributed by atoms with Crippen LogP contribution in [0.5, 0.6) is 0 Å². The van der Waals surface area contributed by atoms with Crippen molar-refractivity contribution in [2.75, 3.05) is 0 Å². The number of carbonyl (C=O) groups is 6. The van der Waals surface area contributed by atoms with Crippen molar-refractivity contribution in [3.63, 3.8) is 0 Å². The van der Waals surface area contributed by atoms with Crippen molar-refractivity contribution >= 4 is 34.7 Å². The molecule has 6 unspecified atom stereocenters. The van der Waals surface area contributed by atoms with Gasteiger partial charge in [-0.2, -0.15) is 0 Å². The fraction of sp³-hybridized carbons (Fsp3) is 0.294. The lowest BCUT2D eigenvalue weighted by Gasteiger charge is -2.44. The van der Waals surface area contributed by atoms with Crippen LogP contribution < -0.4 is 0 Å². The van der Waals surface area contributed by atoms with E-state index in [-0.39, 0.29) is 46.5 Å². The summed E-state index contributed by atoms with van der Waals surface area (Å²) in [4.78, 5) is 88.5. The Labute approximate surface area is 441 Å². The Balaban J connectivity index is 0.751. The quantitative estimate of drug-likeness (QED) is 0.146. The largest absolute Gasteiger partial charge is 0.356 e. The predicted molar refractivity (Wildman–Crippen MR) is 277 cm³/mol. The smallest absolute Gasteiger partial charge is 0.193 e. The zero-order valence-corrected chi connectivity index (χ0v) is 41.7. The van der Waals surface area contributed by atoms with E-state index in [0.717, 1.165) is 177 Å². The molecule has 6 atom stereocenters. The Morgan fingerprint density at radius 1 is 0.234 bits per heavy atom. The van der Waals surface area contributed by atoms with Crippen molar-refractivity contribution in [1.29, 1.82) is 0 Å². The molecule has 9 heteroatoms. The second kappa shape index (κ2) is 13.6. The fourth-order valence-corrected chi connectivity index (χ4v) is 17.7.